The summed E-state index contributed by atoms with van der Waals surface area (Å²) < 4.78 is 0. The molecule has 4 rings (SSSR count). The van der Waals surface area contributed by atoms with Gasteiger partial charge in [-0.1, -0.05) is 36.4 Å². The highest BCUT2D eigenvalue weighted by atomic mass is 32.2. The number of para-hydroxylation sites is 1. The normalized spacial score (nSPS) is 11.0. The van der Waals surface area contributed by atoms with Gasteiger partial charge in [-0.2, -0.15) is 0 Å². The van der Waals surface area contributed by atoms with Crippen LogP contribution >= 0.6 is 23.1 Å². The molecule has 0 aliphatic carbocycles. The fraction of sp³-hybridized carbons (Fsp3) is 0.0526. The third-order valence-corrected chi connectivity index (χ3v) is 5.32. The summed E-state index contributed by atoms with van der Waals surface area (Å²) in [7, 11) is 0. The topological polar surface area (TPSA) is 25.8 Å². The van der Waals surface area contributed by atoms with E-state index in [1.807, 2.05) is 24.3 Å². The molecule has 0 aliphatic heterocycles. The second kappa shape index (κ2) is 6.14. The van der Waals surface area contributed by atoms with Gasteiger partial charge in [0.05, 0.1) is 16.1 Å². The molecule has 2 heterocycles. The smallest absolute Gasteiger partial charge is 0.170 e. The fourth-order valence-corrected chi connectivity index (χ4v) is 3.63. The average molecular weight is 334 g/mol. The Morgan fingerprint density at radius 1 is 0.870 bits per heavy atom. The minimum absolute atomic E-state index is 0.794. The lowest BCUT2D eigenvalue weighted by Crippen LogP contribution is -1.93. The number of benzene rings is 2. The summed E-state index contributed by atoms with van der Waals surface area (Å²) in [5.41, 5.74) is 3.10. The first-order valence-corrected chi connectivity index (χ1v) is 9.41. The number of hydrogen-bond acceptors (Lipinski definition) is 4. The van der Waals surface area contributed by atoms with Gasteiger partial charge < -0.3 is 0 Å². The van der Waals surface area contributed by atoms with Gasteiger partial charge in [-0.3, -0.25) is 0 Å². The molecule has 112 valence electrons. The Morgan fingerprint density at radius 2 is 1.70 bits per heavy atom. The Labute approximate surface area is 143 Å². The number of thiophene rings is 1. The molecule has 0 bridgehead atoms. The Kier molecular flexibility index (Phi) is 3.85. The van der Waals surface area contributed by atoms with Crippen molar-refractivity contribution in [1.82, 2.24) is 9.97 Å². The highest BCUT2D eigenvalue weighted by Gasteiger charge is 2.11. The first-order chi connectivity index (χ1) is 11.3. The zero-order chi connectivity index (χ0) is 15.6. The maximum atomic E-state index is 4.86. The van der Waals surface area contributed by atoms with Crippen molar-refractivity contribution < 1.29 is 0 Å². The van der Waals surface area contributed by atoms with E-state index in [1.165, 1.54) is 4.90 Å². The highest BCUT2D eigenvalue weighted by molar-refractivity contribution is 7.98. The number of hydrogen-bond donors (Lipinski definition) is 0. The van der Waals surface area contributed by atoms with Crippen molar-refractivity contribution in [2.24, 2.45) is 0 Å². The van der Waals surface area contributed by atoms with Crippen LogP contribution in [-0.4, -0.2) is 16.2 Å². The number of aromatic nitrogens is 2. The quantitative estimate of drug-likeness (QED) is 0.446. The summed E-state index contributed by atoms with van der Waals surface area (Å²) in [5, 5.41) is 3.14. The second-order valence-electron chi connectivity index (χ2n) is 5.12. The van der Waals surface area contributed by atoms with Gasteiger partial charge in [0.15, 0.2) is 5.82 Å². The van der Waals surface area contributed by atoms with Gasteiger partial charge >= 0.3 is 0 Å². The maximum absolute atomic E-state index is 4.86. The second-order valence-corrected chi connectivity index (χ2v) is 6.95. The van der Waals surface area contributed by atoms with Crippen LogP contribution in [0.3, 0.4) is 0 Å². The molecule has 0 unspecified atom stereocenters. The standard InChI is InChI=1S/C19H14N2S2/c1-22-14-10-8-13(9-11-14)18-15-5-2-3-6-16(15)20-19(21-18)17-7-4-12-23-17/h2-12H,1H3. The molecule has 0 atom stereocenters. The number of thioether (sulfide) groups is 1. The minimum Gasteiger partial charge on any atom is -0.227 e. The van der Waals surface area contributed by atoms with Crippen molar-refractivity contribution in [3.05, 3.63) is 66.0 Å². The van der Waals surface area contributed by atoms with E-state index in [2.05, 4.69) is 48.0 Å². The SMILES string of the molecule is CSc1ccc(-c2nc(-c3cccs3)nc3ccccc23)cc1. The predicted molar refractivity (Wildman–Crippen MR) is 100 cm³/mol. The van der Waals surface area contributed by atoms with Crippen molar-refractivity contribution in [3.63, 3.8) is 0 Å². The molecule has 4 heteroatoms. The molecular weight excluding hydrogens is 320 g/mol. The van der Waals surface area contributed by atoms with Crippen LogP contribution in [0.4, 0.5) is 0 Å². The molecule has 2 aromatic heterocycles. The van der Waals surface area contributed by atoms with E-state index < -0.39 is 0 Å². The highest BCUT2D eigenvalue weighted by Crippen LogP contribution is 2.31. The van der Waals surface area contributed by atoms with Gasteiger partial charge in [-0.25, -0.2) is 9.97 Å². The van der Waals surface area contributed by atoms with Gasteiger partial charge in [-0.15, -0.1) is 23.1 Å². The molecular formula is C19H14N2S2. The van der Waals surface area contributed by atoms with E-state index in [4.69, 9.17) is 9.97 Å². The molecule has 0 fully saturated rings. The largest absolute Gasteiger partial charge is 0.227 e. The molecule has 0 spiro atoms. The summed E-state index contributed by atoms with van der Waals surface area (Å²) in [6.07, 6.45) is 2.09. The van der Waals surface area contributed by atoms with E-state index in [1.54, 1.807) is 23.1 Å². The summed E-state index contributed by atoms with van der Waals surface area (Å²) >= 11 is 3.41. The van der Waals surface area contributed by atoms with Crippen molar-refractivity contribution in [3.8, 4) is 22.0 Å². The van der Waals surface area contributed by atoms with Crippen LogP contribution in [0.1, 0.15) is 0 Å². The van der Waals surface area contributed by atoms with Gasteiger partial charge in [0.25, 0.3) is 0 Å². The van der Waals surface area contributed by atoms with Gasteiger partial charge in [0.1, 0.15) is 0 Å². The third-order valence-electron chi connectivity index (χ3n) is 3.71. The number of fused-ring (bicyclic) bond motifs is 1. The molecule has 0 N–H and O–H groups in total. The molecule has 2 aromatic carbocycles. The molecule has 0 amide bonds. The molecule has 2 nitrogen and oxygen atoms in total. The van der Waals surface area contributed by atoms with E-state index in [9.17, 15) is 0 Å². The zero-order valence-corrected chi connectivity index (χ0v) is 14.2. The van der Waals surface area contributed by atoms with Crippen LogP contribution in [0.25, 0.3) is 32.9 Å². The van der Waals surface area contributed by atoms with E-state index in [0.29, 0.717) is 0 Å². The predicted octanol–water partition coefficient (Wildman–Crippen LogP) is 5.75. The maximum Gasteiger partial charge on any atom is 0.170 e. The summed E-state index contributed by atoms with van der Waals surface area (Å²) in [5.74, 6) is 0.794. The first-order valence-electron chi connectivity index (χ1n) is 7.30. The number of nitrogens with zero attached hydrogens (tertiary/aromatic N) is 2. The summed E-state index contributed by atoms with van der Waals surface area (Å²) in [6, 6.07) is 20.9. The van der Waals surface area contributed by atoms with E-state index in [0.717, 1.165) is 32.9 Å². The van der Waals surface area contributed by atoms with E-state index >= 15 is 0 Å². The summed E-state index contributed by atoms with van der Waals surface area (Å²) in [6.45, 7) is 0. The lowest BCUT2D eigenvalue weighted by molar-refractivity contribution is 1.24. The van der Waals surface area contributed by atoms with Crippen molar-refractivity contribution in [1.29, 1.82) is 0 Å². The lowest BCUT2D eigenvalue weighted by atomic mass is 10.1. The first kappa shape index (κ1) is 14.4. The van der Waals surface area contributed by atoms with E-state index in [-0.39, 0.29) is 0 Å². The average Bonchev–Trinajstić information content (AvgIpc) is 3.15. The molecule has 0 saturated carbocycles. The third kappa shape index (κ3) is 2.76. The summed E-state index contributed by atoms with van der Waals surface area (Å²) in [4.78, 5) is 11.9. The van der Waals surface area contributed by atoms with Crippen LogP contribution in [0.2, 0.25) is 0 Å². The van der Waals surface area contributed by atoms with Gasteiger partial charge in [0, 0.05) is 15.8 Å². The zero-order valence-electron chi connectivity index (χ0n) is 12.6. The molecule has 0 aliphatic rings. The molecule has 4 aromatic rings. The van der Waals surface area contributed by atoms with Crippen molar-refractivity contribution >= 4 is 34.0 Å². The fourth-order valence-electron chi connectivity index (χ4n) is 2.56. The Morgan fingerprint density at radius 3 is 2.43 bits per heavy atom. The van der Waals surface area contributed by atoms with Crippen LogP contribution in [0.5, 0.6) is 0 Å². The monoisotopic (exact) mass is 334 g/mol. The number of rotatable bonds is 3. The van der Waals surface area contributed by atoms with Crippen LogP contribution in [-0.2, 0) is 0 Å². The van der Waals surface area contributed by atoms with Gasteiger partial charge in [-0.05, 0) is 35.9 Å². The minimum atomic E-state index is 0.794. The Hall–Kier alpha value is -2.17. The molecule has 23 heavy (non-hydrogen) atoms. The lowest BCUT2D eigenvalue weighted by Gasteiger charge is -2.08. The molecule has 0 saturated heterocycles. The van der Waals surface area contributed by atoms with Gasteiger partial charge in [0.2, 0.25) is 0 Å². The van der Waals surface area contributed by atoms with Crippen molar-refractivity contribution in [2.45, 2.75) is 4.90 Å². The van der Waals surface area contributed by atoms with Crippen LogP contribution in [0, 0.1) is 0 Å². The van der Waals surface area contributed by atoms with Crippen LogP contribution < -0.4 is 0 Å². The Bertz CT molecular complexity index is 945. The van der Waals surface area contributed by atoms with Crippen molar-refractivity contribution in [2.75, 3.05) is 6.26 Å². The molecule has 0 radical (unpaired) electrons. The van der Waals surface area contributed by atoms with Crippen LogP contribution in [0.15, 0.2) is 70.9 Å². The Balaban J connectivity index is 1.96.